The summed E-state index contributed by atoms with van der Waals surface area (Å²) in [5.41, 5.74) is 2.02. The lowest BCUT2D eigenvalue weighted by Gasteiger charge is -2.38. The Labute approximate surface area is 87.8 Å². The zero-order valence-electron chi connectivity index (χ0n) is 9.72. The van der Waals surface area contributed by atoms with Crippen molar-refractivity contribution in [2.75, 3.05) is 0 Å². The van der Waals surface area contributed by atoms with Gasteiger partial charge in [-0.3, -0.25) is 0 Å². The molecule has 0 nitrogen and oxygen atoms in total. The van der Waals surface area contributed by atoms with Crippen molar-refractivity contribution in [1.82, 2.24) is 0 Å². The summed E-state index contributed by atoms with van der Waals surface area (Å²) in [6, 6.07) is 0. The summed E-state index contributed by atoms with van der Waals surface area (Å²) >= 11 is 0. The SMILES string of the molecule is C=C1C2CC(C3CC3C)C(C2)C1(C)C. The zero-order chi connectivity index (χ0) is 10.1. The van der Waals surface area contributed by atoms with Crippen LogP contribution in [0.2, 0.25) is 0 Å². The number of allylic oxidation sites excluding steroid dienone is 1. The predicted octanol–water partition coefficient (Wildman–Crippen LogP) is 3.88. The molecule has 3 aliphatic rings. The Hall–Kier alpha value is -0.260. The van der Waals surface area contributed by atoms with E-state index in [1.165, 1.54) is 19.3 Å². The Morgan fingerprint density at radius 1 is 1.14 bits per heavy atom. The van der Waals surface area contributed by atoms with E-state index in [0.717, 1.165) is 29.6 Å². The van der Waals surface area contributed by atoms with Crippen LogP contribution in [0.3, 0.4) is 0 Å². The minimum Gasteiger partial charge on any atom is -0.0990 e. The molecule has 0 amide bonds. The third kappa shape index (κ3) is 0.951. The van der Waals surface area contributed by atoms with Crippen LogP contribution in [-0.4, -0.2) is 0 Å². The van der Waals surface area contributed by atoms with Crippen molar-refractivity contribution in [3.8, 4) is 0 Å². The molecular weight excluding hydrogens is 168 g/mol. The van der Waals surface area contributed by atoms with Gasteiger partial charge in [-0.2, -0.15) is 0 Å². The maximum atomic E-state index is 4.32. The third-order valence-electron chi connectivity index (χ3n) is 5.58. The van der Waals surface area contributed by atoms with E-state index in [2.05, 4.69) is 27.4 Å². The Morgan fingerprint density at radius 3 is 2.21 bits per heavy atom. The van der Waals surface area contributed by atoms with Gasteiger partial charge in [0.05, 0.1) is 0 Å². The molecule has 0 aromatic rings. The summed E-state index contributed by atoms with van der Waals surface area (Å²) in [6.45, 7) is 11.6. The maximum absolute atomic E-state index is 4.32. The van der Waals surface area contributed by atoms with E-state index >= 15 is 0 Å². The molecule has 0 saturated heterocycles. The van der Waals surface area contributed by atoms with E-state index in [9.17, 15) is 0 Å². The van der Waals surface area contributed by atoms with E-state index in [4.69, 9.17) is 0 Å². The molecule has 0 N–H and O–H groups in total. The summed E-state index contributed by atoms with van der Waals surface area (Å²) in [5.74, 6) is 5.01. The van der Waals surface area contributed by atoms with Gasteiger partial charge < -0.3 is 0 Å². The lowest BCUT2D eigenvalue weighted by molar-refractivity contribution is 0.181. The molecule has 0 heterocycles. The molecule has 0 aromatic carbocycles. The highest BCUT2D eigenvalue weighted by Gasteiger charge is 2.57. The average Bonchev–Trinajstić information content (AvgIpc) is 2.60. The Morgan fingerprint density at radius 2 is 1.79 bits per heavy atom. The van der Waals surface area contributed by atoms with Gasteiger partial charge in [-0.25, -0.2) is 0 Å². The molecule has 0 heteroatoms. The van der Waals surface area contributed by atoms with Crippen LogP contribution >= 0.6 is 0 Å². The topological polar surface area (TPSA) is 0 Å². The number of hydrogen-bond acceptors (Lipinski definition) is 0. The molecule has 0 spiro atoms. The Kier molecular flexibility index (Phi) is 1.58. The molecule has 2 bridgehead atoms. The molecule has 14 heavy (non-hydrogen) atoms. The van der Waals surface area contributed by atoms with Crippen LogP contribution in [0.5, 0.6) is 0 Å². The summed E-state index contributed by atoms with van der Waals surface area (Å²) in [5, 5.41) is 0. The molecule has 5 atom stereocenters. The van der Waals surface area contributed by atoms with E-state index < -0.39 is 0 Å². The van der Waals surface area contributed by atoms with Gasteiger partial charge in [0.15, 0.2) is 0 Å². The zero-order valence-corrected chi connectivity index (χ0v) is 9.72. The van der Waals surface area contributed by atoms with Crippen molar-refractivity contribution in [1.29, 1.82) is 0 Å². The maximum Gasteiger partial charge on any atom is -0.0113 e. The van der Waals surface area contributed by atoms with Crippen molar-refractivity contribution < 1.29 is 0 Å². The van der Waals surface area contributed by atoms with Gasteiger partial charge >= 0.3 is 0 Å². The fourth-order valence-electron chi connectivity index (χ4n) is 4.37. The third-order valence-corrected chi connectivity index (χ3v) is 5.58. The largest absolute Gasteiger partial charge is 0.0990 e. The normalized spacial score (nSPS) is 53.9. The molecule has 3 saturated carbocycles. The van der Waals surface area contributed by atoms with Gasteiger partial charge in [0.1, 0.15) is 0 Å². The minimum atomic E-state index is 0.454. The molecule has 3 aliphatic carbocycles. The number of hydrogen-bond donors (Lipinski definition) is 0. The van der Waals surface area contributed by atoms with Crippen LogP contribution in [0.25, 0.3) is 0 Å². The highest BCUT2D eigenvalue weighted by atomic mass is 14.6. The number of fused-ring (bicyclic) bond motifs is 2. The van der Waals surface area contributed by atoms with E-state index in [1.54, 1.807) is 5.57 Å². The molecule has 0 aromatic heterocycles. The standard InChI is InChI=1S/C14H22/c1-8-5-11(8)12-6-10-7-13(12)14(3,4)9(10)2/h8,10-13H,2,5-7H2,1,3-4H3. The first-order chi connectivity index (χ1) is 6.51. The molecule has 3 fully saturated rings. The highest BCUT2D eigenvalue weighted by Crippen LogP contribution is 2.66. The first kappa shape index (κ1) is 9.00. The van der Waals surface area contributed by atoms with Crippen LogP contribution in [0.15, 0.2) is 12.2 Å². The van der Waals surface area contributed by atoms with Gasteiger partial charge in [0.2, 0.25) is 0 Å². The summed E-state index contributed by atoms with van der Waals surface area (Å²) in [7, 11) is 0. The summed E-state index contributed by atoms with van der Waals surface area (Å²) in [6.07, 6.45) is 4.44. The predicted molar refractivity (Wildman–Crippen MR) is 59.9 cm³/mol. The second kappa shape index (κ2) is 2.46. The van der Waals surface area contributed by atoms with Gasteiger partial charge in [-0.15, -0.1) is 0 Å². The second-order valence-electron chi connectivity index (χ2n) is 6.56. The molecule has 0 radical (unpaired) electrons. The monoisotopic (exact) mass is 190 g/mol. The van der Waals surface area contributed by atoms with E-state index in [-0.39, 0.29) is 0 Å². The fourth-order valence-corrected chi connectivity index (χ4v) is 4.37. The lowest BCUT2D eigenvalue weighted by Crippen LogP contribution is -2.30. The fraction of sp³-hybridized carbons (Fsp3) is 0.857. The average molecular weight is 190 g/mol. The Balaban J connectivity index is 1.85. The summed E-state index contributed by atoms with van der Waals surface area (Å²) < 4.78 is 0. The van der Waals surface area contributed by atoms with Crippen LogP contribution in [0.4, 0.5) is 0 Å². The summed E-state index contributed by atoms with van der Waals surface area (Å²) in [4.78, 5) is 0. The van der Waals surface area contributed by atoms with Gasteiger partial charge in [-0.05, 0) is 54.3 Å². The lowest BCUT2D eigenvalue weighted by atomic mass is 9.67. The first-order valence-corrected chi connectivity index (χ1v) is 6.21. The Bertz CT molecular complexity index is 286. The van der Waals surface area contributed by atoms with Crippen molar-refractivity contribution in [3.05, 3.63) is 12.2 Å². The van der Waals surface area contributed by atoms with Gasteiger partial charge in [0, 0.05) is 0 Å². The molecule has 0 aliphatic heterocycles. The molecule has 5 unspecified atom stereocenters. The molecular formula is C14H22. The van der Waals surface area contributed by atoms with E-state index in [1.807, 2.05) is 0 Å². The van der Waals surface area contributed by atoms with E-state index in [0.29, 0.717) is 5.41 Å². The second-order valence-corrected chi connectivity index (χ2v) is 6.56. The van der Waals surface area contributed by atoms with Crippen LogP contribution < -0.4 is 0 Å². The highest BCUT2D eigenvalue weighted by molar-refractivity contribution is 5.25. The molecule has 78 valence electrons. The quantitative estimate of drug-likeness (QED) is 0.550. The molecule has 3 rings (SSSR count). The number of rotatable bonds is 1. The van der Waals surface area contributed by atoms with Crippen LogP contribution in [0.1, 0.15) is 40.0 Å². The van der Waals surface area contributed by atoms with Crippen molar-refractivity contribution in [2.45, 2.75) is 40.0 Å². The first-order valence-electron chi connectivity index (χ1n) is 6.21. The van der Waals surface area contributed by atoms with Crippen molar-refractivity contribution in [2.24, 2.45) is 35.0 Å². The van der Waals surface area contributed by atoms with Crippen LogP contribution in [-0.2, 0) is 0 Å². The minimum absolute atomic E-state index is 0.454. The van der Waals surface area contributed by atoms with Crippen LogP contribution in [0, 0.1) is 35.0 Å². The van der Waals surface area contributed by atoms with Gasteiger partial charge in [-0.1, -0.05) is 32.9 Å². The smallest absolute Gasteiger partial charge is 0.0113 e. The van der Waals surface area contributed by atoms with Crippen molar-refractivity contribution in [3.63, 3.8) is 0 Å². The van der Waals surface area contributed by atoms with Crippen molar-refractivity contribution >= 4 is 0 Å². The van der Waals surface area contributed by atoms with Gasteiger partial charge in [0.25, 0.3) is 0 Å².